The molecule has 2 aromatic rings. The van der Waals surface area contributed by atoms with Crippen molar-refractivity contribution in [2.24, 2.45) is 5.92 Å². The van der Waals surface area contributed by atoms with Gasteiger partial charge in [-0.1, -0.05) is 32.0 Å². The largest absolute Gasteiger partial charge is 0.478 e. The Morgan fingerprint density at radius 1 is 1.23 bits per heavy atom. The highest BCUT2D eigenvalue weighted by Crippen LogP contribution is 2.17. The van der Waals surface area contributed by atoms with Crippen LogP contribution in [0.3, 0.4) is 0 Å². The lowest BCUT2D eigenvalue weighted by atomic mass is 10.1. The molecule has 4 nitrogen and oxygen atoms in total. The van der Waals surface area contributed by atoms with Crippen LogP contribution in [-0.2, 0) is 13.0 Å². The van der Waals surface area contributed by atoms with Crippen molar-refractivity contribution in [3.05, 3.63) is 47.5 Å². The second-order valence-corrected chi connectivity index (χ2v) is 5.48. The fourth-order valence-electron chi connectivity index (χ4n) is 2.07. The summed E-state index contributed by atoms with van der Waals surface area (Å²) in [7, 11) is 0. The normalized spacial score (nSPS) is 10.8. The molecule has 0 saturated heterocycles. The number of rotatable bonds is 7. The topological polar surface area (TPSA) is 47.0 Å². The monoisotopic (exact) mass is 303 g/mol. The second kappa shape index (κ2) is 7.73. The van der Waals surface area contributed by atoms with Gasteiger partial charge < -0.3 is 10.1 Å². The first-order chi connectivity index (χ1) is 10.6. The predicted octanol–water partition coefficient (Wildman–Crippen LogP) is 3.83. The molecule has 22 heavy (non-hydrogen) atoms. The lowest BCUT2D eigenvalue weighted by Gasteiger charge is -2.11. The van der Waals surface area contributed by atoms with Crippen LogP contribution in [0, 0.1) is 11.7 Å². The molecule has 5 heteroatoms. The van der Waals surface area contributed by atoms with Crippen LogP contribution in [0.5, 0.6) is 5.88 Å². The van der Waals surface area contributed by atoms with Crippen molar-refractivity contribution in [1.29, 1.82) is 0 Å². The highest BCUT2D eigenvalue weighted by molar-refractivity contribution is 5.39. The van der Waals surface area contributed by atoms with Crippen molar-refractivity contribution in [2.45, 2.75) is 33.7 Å². The summed E-state index contributed by atoms with van der Waals surface area (Å²) in [6, 6.07) is 8.44. The molecule has 1 aromatic heterocycles. The molecule has 0 unspecified atom stereocenters. The van der Waals surface area contributed by atoms with E-state index >= 15 is 0 Å². The highest BCUT2D eigenvalue weighted by atomic mass is 19.1. The van der Waals surface area contributed by atoms with Crippen molar-refractivity contribution >= 4 is 5.82 Å². The molecule has 1 N–H and O–H groups in total. The van der Waals surface area contributed by atoms with Crippen molar-refractivity contribution in [3.8, 4) is 5.88 Å². The molecule has 2 rings (SSSR count). The van der Waals surface area contributed by atoms with E-state index in [9.17, 15) is 4.39 Å². The van der Waals surface area contributed by atoms with Crippen LogP contribution >= 0.6 is 0 Å². The van der Waals surface area contributed by atoms with E-state index in [4.69, 9.17) is 4.74 Å². The molecule has 1 heterocycles. The van der Waals surface area contributed by atoms with E-state index in [1.165, 1.54) is 6.07 Å². The summed E-state index contributed by atoms with van der Waals surface area (Å²) >= 11 is 0. The third kappa shape index (κ3) is 4.69. The number of halogens is 1. The number of hydrogen-bond acceptors (Lipinski definition) is 4. The summed E-state index contributed by atoms with van der Waals surface area (Å²) in [6.07, 6.45) is 0.773. The first-order valence-electron chi connectivity index (χ1n) is 7.56. The molecule has 0 aliphatic rings. The van der Waals surface area contributed by atoms with Crippen LogP contribution in [0.15, 0.2) is 30.3 Å². The zero-order chi connectivity index (χ0) is 15.9. The number of nitrogens with one attached hydrogen (secondary N) is 1. The number of nitrogens with zero attached hydrogens (tertiary/aromatic N) is 2. The fourth-order valence-corrected chi connectivity index (χ4v) is 2.07. The summed E-state index contributed by atoms with van der Waals surface area (Å²) in [5.41, 5.74) is 0.601. The smallest absolute Gasteiger partial charge is 0.218 e. The van der Waals surface area contributed by atoms with Gasteiger partial charge in [-0.25, -0.2) is 9.37 Å². The molecule has 0 radical (unpaired) electrons. The minimum Gasteiger partial charge on any atom is -0.478 e. The Hall–Kier alpha value is -2.17. The van der Waals surface area contributed by atoms with Gasteiger partial charge in [-0.05, 0) is 18.9 Å². The molecule has 0 fully saturated rings. The molecule has 0 aliphatic heterocycles. The third-order valence-electron chi connectivity index (χ3n) is 3.05. The van der Waals surface area contributed by atoms with E-state index in [1.807, 2.05) is 13.0 Å². The van der Waals surface area contributed by atoms with E-state index in [2.05, 4.69) is 29.1 Å². The molecule has 1 aromatic carbocycles. The van der Waals surface area contributed by atoms with Gasteiger partial charge in [0.2, 0.25) is 5.88 Å². The lowest BCUT2D eigenvalue weighted by Crippen LogP contribution is -2.09. The Labute approximate surface area is 130 Å². The van der Waals surface area contributed by atoms with Crippen molar-refractivity contribution < 1.29 is 9.13 Å². The first-order valence-corrected chi connectivity index (χ1v) is 7.56. The number of hydrogen-bond donors (Lipinski definition) is 1. The summed E-state index contributed by atoms with van der Waals surface area (Å²) in [6.45, 7) is 7.06. The zero-order valence-corrected chi connectivity index (χ0v) is 13.3. The van der Waals surface area contributed by atoms with Gasteiger partial charge in [0, 0.05) is 24.6 Å². The van der Waals surface area contributed by atoms with Crippen molar-refractivity contribution in [3.63, 3.8) is 0 Å². The lowest BCUT2D eigenvalue weighted by molar-refractivity contribution is 0.324. The average molecular weight is 303 g/mol. The maximum Gasteiger partial charge on any atom is 0.218 e. The summed E-state index contributed by atoms with van der Waals surface area (Å²) in [4.78, 5) is 8.86. The van der Waals surface area contributed by atoms with Crippen LogP contribution in [0.2, 0.25) is 0 Å². The summed E-state index contributed by atoms with van der Waals surface area (Å²) in [5, 5.41) is 3.14. The Bertz CT molecular complexity index is 617. The van der Waals surface area contributed by atoms with Gasteiger partial charge >= 0.3 is 0 Å². The Morgan fingerprint density at radius 2 is 2.00 bits per heavy atom. The maximum absolute atomic E-state index is 13.6. The molecule has 0 saturated carbocycles. The number of anilines is 1. The van der Waals surface area contributed by atoms with E-state index in [1.54, 1.807) is 18.2 Å². The van der Waals surface area contributed by atoms with E-state index in [0.29, 0.717) is 36.3 Å². The molecule has 0 bridgehead atoms. The molecular weight excluding hydrogens is 281 g/mol. The Kier molecular flexibility index (Phi) is 5.69. The van der Waals surface area contributed by atoms with E-state index in [0.717, 1.165) is 12.2 Å². The average Bonchev–Trinajstić information content (AvgIpc) is 2.46. The molecule has 0 atom stereocenters. The number of aromatic nitrogens is 2. The standard InChI is InChI=1S/C17H22FN3O/c1-4-22-17-10-15(20-16(21-17)9-12(2)3)19-11-13-7-5-6-8-14(13)18/h5-8,10,12H,4,9,11H2,1-3H3,(H,19,20,21). The van der Waals surface area contributed by atoms with Crippen LogP contribution in [-0.4, -0.2) is 16.6 Å². The van der Waals surface area contributed by atoms with Crippen LogP contribution in [0.4, 0.5) is 10.2 Å². The highest BCUT2D eigenvalue weighted by Gasteiger charge is 2.08. The van der Waals surface area contributed by atoms with E-state index in [-0.39, 0.29) is 5.82 Å². The van der Waals surface area contributed by atoms with Gasteiger partial charge in [-0.15, -0.1) is 0 Å². The van der Waals surface area contributed by atoms with Crippen molar-refractivity contribution in [2.75, 3.05) is 11.9 Å². The maximum atomic E-state index is 13.6. The van der Waals surface area contributed by atoms with Gasteiger partial charge in [0.25, 0.3) is 0 Å². The van der Waals surface area contributed by atoms with Crippen molar-refractivity contribution in [1.82, 2.24) is 9.97 Å². The summed E-state index contributed by atoms with van der Waals surface area (Å²) in [5.74, 6) is 2.16. The Balaban J connectivity index is 2.14. The minimum absolute atomic E-state index is 0.225. The third-order valence-corrected chi connectivity index (χ3v) is 3.05. The molecule has 0 amide bonds. The Morgan fingerprint density at radius 3 is 2.68 bits per heavy atom. The molecule has 0 spiro atoms. The van der Waals surface area contributed by atoms with Gasteiger partial charge in [0.1, 0.15) is 17.5 Å². The van der Waals surface area contributed by atoms with Crippen LogP contribution < -0.4 is 10.1 Å². The zero-order valence-electron chi connectivity index (χ0n) is 13.3. The SMILES string of the molecule is CCOc1cc(NCc2ccccc2F)nc(CC(C)C)n1. The molecule has 118 valence electrons. The fraction of sp³-hybridized carbons (Fsp3) is 0.412. The molecule has 0 aliphatic carbocycles. The van der Waals surface area contributed by atoms with Crippen LogP contribution in [0.25, 0.3) is 0 Å². The number of benzene rings is 1. The molecular formula is C17H22FN3O. The van der Waals surface area contributed by atoms with Gasteiger partial charge in [0.15, 0.2) is 0 Å². The van der Waals surface area contributed by atoms with Gasteiger partial charge in [0.05, 0.1) is 6.61 Å². The van der Waals surface area contributed by atoms with E-state index < -0.39 is 0 Å². The second-order valence-electron chi connectivity index (χ2n) is 5.48. The van der Waals surface area contributed by atoms with Gasteiger partial charge in [-0.3, -0.25) is 0 Å². The minimum atomic E-state index is -0.225. The first kappa shape index (κ1) is 16.2. The predicted molar refractivity (Wildman–Crippen MR) is 85.5 cm³/mol. The number of ether oxygens (including phenoxy) is 1. The van der Waals surface area contributed by atoms with Gasteiger partial charge in [-0.2, -0.15) is 4.98 Å². The summed E-state index contributed by atoms with van der Waals surface area (Å²) < 4.78 is 19.1. The quantitative estimate of drug-likeness (QED) is 0.844. The van der Waals surface area contributed by atoms with Crippen LogP contribution in [0.1, 0.15) is 32.2 Å².